The molecular formula is C10H11ClN4OS. The van der Waals surface area contributed by atoms with E-state index in [4.69, 9.17) is 22.2 Å². The van der Waals surface area contributed by atoms with Crippen LogP contribution in [0.5, 0.6) is 0 Å². The predicted molar refractivity (Wildman–Crippen MR) is 67.7 cm³/mol. The van der Waals surface area contributed by atoms with Crippen LogP contribution in [0.1, 0.15) is 11.3 Å². The molecule has 0 saturated heterocycles. The van der Waals surface area contributed by atoms with E-state index < -0.39 is 0 Å². The Bertz CT molecular complexity index is 491. The Morgan fingerprint density at radius 2 is 2.18 bits per heavy atom. The number of nitrogens with one attached hydrogen (secondary N) is 1. The van der Waals surface area contributed by atoms with E-state index >= 15 is 0 Å². The molecule has 2 aromatic rings. The van der Waals surface area contributed by atoms with Crippen molar-refractivity contribution in [3.8, 4) is 0 Å². The maximum atomic E-state index is 6.01. The first-order valence-electron chi connectivity index (χ1n) is 4.90. The van der Waals surface area contributed by atoms with Crippen molar-refractivity contribution in [1.82, 2.24) is 9.59 Å². The summed E-state index contributed by atoms with van der Waals surface area (Å²) in [6.07, 6.45) is 0. The SMILES string of the molecule is NNc1snnc1COCc1ccccc1Cl. The molecule has 90 valence electrons. The Hall–Kier alpha value is -1.21. The van der Waals surface area contributed by atoms with E-state index in [2.05, 4.69) is 15.0 Å². The fourth-order valence-electron chi connectivity index (χ4n) is 1.29. The first-order valence-corrected chi connectivity index (χ1v) is 6.05. The van der Waals surface area contributed by atoms with Gasteiger partial charge in [0, 0.05) is 16.6 Å². The lowest BCUT2D eigenvalue weighted by atomic mass is 10.2. The molecule has 0 radical (unpaired) electrons. The number of halogens is 1. The zero-order valence-corrected chi connectivity index (χ0v) is 10.5. The van der Waals surface area contributed by atoms with E-state index in [1.165, 1.54) is 11.5 Å². The highest BCUT2D eigenvalue weighted by atomic mass is 35.5. The zero-order valence-electron chi connectivity index (χ0n) is 8.89. The van der Waals surface area contributed by atoms with Crippen LogP contribution in [0.2, 0.25) is 5.02 Å². The number of nitrogen functional groups attached to an aromatic ring is 1. The summed E-state index contributed by atoms with van der Waals surface area (Å²) in [5, 5.41) is 5.32. The summed E-state index contributed by atoms with van der Waals surface area (Å²) in [5.41, 5.74) is 4.17. The molecule has 0 aliphatic rings. The maximum absolute atomic E-state index is 6.01. The topological polar surface area (TPSA) is 73.1 Å². The lowest BCUT2D eigenvalue weighted by Gasteiger charge is -2.05. The molecule has 0 aliphatic carbocycles. The van der Waals surface area contributed by atoms with E-state index in [1.54, 1.807) is 0 Å². The first kappa shape index (κ1) is 12.3. The van der Waals surface area contributed by atoms with Crippen LogP contribution < -0.4 is 11.3 Å². The molecule has 0 unspecified atom stereocenters. The Morgan fingerprint density at radius 1 is 1.35 bits per heavy atom. The van der Waals surface area contributed by atoms with Crippen molar-refractivity contribution in [2.45, 2.75) is 13.2 Å². The van der Waals surface area contributed by atoms with Gasteiger partial charge in [-0.3, -0.25) is 0 Å². The van der Waals surface area contributed by atoms with E-state index in [1.807, 2.05) is 24.3 Å². The van der Waals surface area contributed by atoms with Gasteiger partial charge >= 0.3 is 0 Å². The normalized spacial score (nSPS) is 10.5. The summed E-state index contributed by atoms with van der Waals surface area (Å²) >= 11 is 7.20. The van der Waals surface area contributed by atoms with Crippen LogP contribution in [-0.2, 0) is 18.0 Å². The number of nitrogens with two attached hydrogens (primary N) is 1. The fraction of sp³-hybridized carbons (Fsp3) is 0.200. The van der Waals surface area contributed by atoms with Crippen molar-refractivity contribution in [3.63, 3.8) is 0 Å². The van der Waals surface area contributed by atoms with Crippen molar-refractivity contribution in [3.05, 3.63) is 40.5 Å². The zero-order chi connectivity index (χ0) is 12.1. The third kappa shape index (κ3) is 3.13. The number of benzene rings is 1. The van der Waals surface area contributed by atoms with Crippen molar-refractivity contribution in [2.24, 2.45) is 5.84 Å². The van der Waals surface area contributed by atoms with Gasteiger partial charge < -0.3 is 10.2 Å². The maximum Gasteiger partial charge on any atom is 0.149 e. The fourth-order valence-corrected chi connectivity index (χ4v) is 1.95. The molecule has 5 nitrogen and oxygen atoms in total. The minimum Gasteiger partial charge on any atom is -0.370 e. The molecule has 3 N–H and O–H groups in total. The van der Waals surface area contributed by atoms with Gasteiger partial charge in [0.05, 0.1) is 13.2 Å². The summed E-state index contributed by atoms with van der Waals surface area (Å²) in [4.78, 5) is 0. The van der Waals surface area contributed by atoms with Crippen LogP contribution in [0, 0.1) is 0 Å². The van der Waals surface area contributed by atoms with Gasteiger partial charge in [0.15, 0.2) is 0 Å². The van der Waals surface area contributed by atoms with Gasteiger partial charge in [-0.1, -0.05) is 34.3 Å². The van der Waals surface area contributed by atoms with E-state index in [0.717, 1.165) is 5.56 Å². The second-order valence-electron chi connectivity index (χ2n) is 3.28. The van der Waals surface area contributed by atoms with E-state index in [9.17, 15) is 0 Å². The minimum absolute atomic E-state index is 0.348. The summed E-state index contributed by atoms with van der Waals surface area (Å²) in [6.45, 7) is 0.780. The summed E-state index contributed by atoms with van der Waals surface area (Å²) in [7, 11) is 0. The van der Waals surface area contributed by atoms with Crippen LogP contribution in [0.15, 0.2) is 24.3 Å². The van der Waals surface area contributed by atoms with Crippen molar-refractivity contribution in [2.75, 3.05) is 5.43 Å². The molecule has 0 amide bonds. The quantitative estimate of drug-likeness (QED) is 0.644. The Balaban J connectivity index is 1.90. The molecular weight excluding hydrogens is 260 g/mol. The standard InChI is InChI=1S/C10H11ClN4OS/c11-8-4-2-1-3-7(8)5-16-6-9-10(13-12)17-15-14-9/h1-4,13H,5-6,12H2. The molecule has 2 rings (SSSR count). The number of hydrogen-bond donors (Lipinski definition) is 2. The molecule has 0 atom stereocenters. The van der Waals surface area contributed by atoms with Gasteiger partial charge in [-0.25, -0.2) is 5.84 Å². The molecule has 0 spiro atoms. The molecule has 7 heteroatoms. The first-order chi connectivity index (χ1) is 8.31. The average molecular weight is 271 g/mol. The summed E-state index contributed by atoms with van der Waals surface area (Å²) in [6, 6.07) is 7.55. The van der Waals surface area contributed by atoms with Gasteiger partial charge in [0.25, 0.3) is 0 Å². The Labute approximate surface area is 108 Å². The number of aromatic nitrogens is 2. The highest BCUT2D eigenvalue weighted by Gasteiger charge is 2.07. The molecule has 17 heavy (non-hydrogen) atoms. The number of ether oxygens (including phenoxy) is 1. The number of anilines is 1. The number of nitrogens with zero attached hydrogens (tertiary/aromatic N) is 2. The second kappa shape index (κ2) is 5.92. The molecule has 0 aliphatic heterocycles. The van der Waals surface area contributed by atoms with Crippen LogP contribution >= 0.6 is 23.1 Å². The molecule has 0 bridgehead atoms. The smallest absolute Gasteiger partial charge is 0.149 e. The van der Waals surface area contributed by atoms with Crippen LogP contribution in [0.4, 0.5) is 5.00 Å². The van der Waals surface area contributed by atoms with E-state index in [0.29, 0.717) is 28.9 Å². The van der Waals surface area contributed by atoms with Crippen molar-refractivity contribution < 1.29 is 4.74 Å². The van der Waals surface area contributed by atoms with Crippen LogP contribution in [-0.4, -0.2) is 9.59 Å². The van der Waals surface area contributed by atoms with Gasteiger partial charge in [0.2, 0.25) is 0 Å². The van der Waals surface area contributed by atoms with Crippen molar-refractivity contribution >= 4 is 28.1 Å². The average Bonchev–Trinajstić information content (AvgIpc) is 2.79. The Kier molecular flexibility index (Phi) is 4.27. The lowest BCUT2D eigenvalue weighted by molar-refractivity contribution is 0.105. The number of rotatable bonds is 5. The summed E-state index contributed by atoms with van der Waals surface area (Å²) in [5.74, 6) is 5.31. The highest BCUT2D eigenvalue weighted by Crippen LogP contribution is 2.19. The number of hydrazine groups is 1. The van der Waals surface area contributed by atoms with Crippen LogP contribution in [0.25, 0.3) is 0 Å². The largest absolute Gasteiger partial charge is 0.370 e. The van der Waals surface area contributed by atoms with Gasteiger partial charge in [-0.05, 0) is 11.6 Å². The predicted octanol–water partition coefficient (Wildman–Crippen LogP) is 2.19. The van der Waals surface area contributed by atoms with Gasteiger partial charge in [-0.15, -0.1) is 5.10 Å². The molecule has 0 saturated carbocycles. The summed E-state index contributed by atoms with van der Waals surface area (Å²) < 4.78 is 9.29. The van der Waals surface area contributed by atoms with Crippen molar-refractivity contribution in [1.29, 1.82) is 0 Å². The highest BCUT2D eigenvalue weighted by molar-refractivity contribution is 7.10. The molecule has 0 fully saturated rings. The minimum atomic E-state index is 0.348. The third-order valence-electron chi connectivity index (χ3n) is 2.14. The third-order valence-corrected chi connectivity index (χ3v) is 3.21. The number of hydrogen-bond acceptors (Lipinski definition) is 6. The molecule has 1 aromatic carbocycles. The lowest BCUT2D eigenvalue weighted by Crippen LogP contribution is -2.08. The monoisotopic (exact) mass is 270 g/mol. The molecule has 1 heterocycles. The van der Waals surface area contributed by atoms with Crippen LogP contribution in [0.3, 0.4) is 0 Å². The van der Waals surface area contributed by atoms with E-state index in [-0.39, 0.29) is 0 Å². The van der Waals surface area contributed by atoms with Gasteiger partial charge in [0.1, 0.15) is 10.7 Å². The van der Waals surface area contributed by atoms with Gasteiger partial charge in [-0.2, -0.15) is 0 Å². The second-order valence-corrected chi connectivity index (χ2v) is 4.44. The Morgan fingerprint density at radius 3 is 2.94 bits per heavy atom. The molecule has 1 aromatic heterocycles.